The monoisotopic (exact) mass is 228 g/mol. The summed E-state index contributed by atoms with van der Waals surface area (Å²) in [6.07, 6.45) is 1.56. The van der Waals surface area contributed by atoms with Gasteiger partial charge in [0.1, 0.15) is 17.0 Å². The molecule has 0 aliphatic heterocycles. The zero-order valence-electron chi connectivity index (χ0n) is 5.95. The van der Waals surface area contributed by atoms with E-state index in [1.54, 1.807) is 6.20 Å². The molecule has 0 saturated carbocycles. The van der Waals surface area contributed by atoms with Gasteiger partial charge in [0.25, 0.3) is 0 Å². The number of hydrogen-bond acceptors (Lipinski definition) is 4. The second-order valence-corrected chi connectivity index (χ2v) is 3.02. The second kappa shape index (κ2) is 2.80. The highest BCUT2D eigenvalue weighted by Crippen LogP contribution is 2.09. The lowest BCUT2D eigenvalue weighted by molar-refractivity contribution is 0.273. The Morgan fingerprint density at radius 3 is 3.08 bits per heavy atom. The quantitative estimate of drug-likeness (QED) is 0.751. The van der Waals surface area contributed by atoms with Crippen LogP contribution in [-0.2, 0) is 6.61 Å². The Balaban J connectivity index is 2.67. The standard InChI is InChI=1S/C6H5BrN4O/c7-3-1-8-5-6(9-3)11-4(2-12)10-5/h1,12H,2H2,(H,8,9,10,11). The maximum atomic E-state index is 8.75. The van der Waals surface area contributed by atoms with Gasteiger partial charge in [-0.05, 0) is 15.9 Å². The van der Waals surface area contributed by atoms with Crippen LogP contribution in [0.2, 0.25) is 0 Å². The van der Waals surface area contributed by atoms with Gasteiger partial charge in [0.2, 0.25) is 0 Å². The molecule has 5 nitrogen and oxygen atoms in total. The van der Waals surface area contributed by atoms with E-state index < -0.39 is 0 Å². The third-order valence-electron chi connectivity index (χ3n) is 1.38. The molecule has 2 aromatic heterocycles. The zero-order valence-corrected chi connectivity index (χ0v) is 7.54. The first-order chi connectivity index (χ1) is 5.79. The Bertz CT molecular complexity index is 413. The lowest BCUT2D eigenvalue weighted by Gasteiger charge is -1.86. The predicted molar refractivity (Wildman–Crippen MR) is 45.3 cm³/mol. The molecule has 12 heavy (non-hydrogen) atoms. The van der Waals surface area contributed by atoms with Crippen LogP contribution in [0.15, 0.2) is 10.8 Å². The van der Waals surface area contributed by atoms with E-state index in [1.165, 1.54) is 0 Å². The molecule has 0 aromatic carbocycles. The van der Waals surface area contributed by atoms with E-state index in [0.29, 0.717) is 21.7 Å². The summed E-state index contributed by atoms with van der Waals surface area (Å²) in [6, 6.07) is 0. The highest BCUT2D eigenvalue weighted by Gasteiger charge is 2.03. The van der Waals surface area contributed by atoms with Crippen LogP contribution in [0.4, 0.5) is 0 Å². The first kappa shape index (κ1) is 7.63. The smallest absolute Gasteiger partial charge is 0.197 e. The number of halogens is 1. The van der Waals surface area contributed by atoms with Crippen LogP contribution < -0.4 is 0 Å². The molecule has 0 aliphatic carbocycles. The van der Waals surface area contributed by atoms with Crippen LogP contribution in [0.5, 0.6) is 0 Å². The van der Waals surface area contributed by atoms with E-state index in [9.17, 15) is 0 Å². The topological polar surface area (TPSA) is 74.7 Å². The molecule has 0 bridgehead atoms. The van der Waals surface area contributed by atoms with Crippen molar-refractivity contribution in [3.8, 4) is 0 Å². The summed E-state index contributed by atoms with van der Waals surface area (Å²) < 4.78 is 0.642. The van der Waals surface area contributed by atoms with Crippen molar-refractivity contribution in [3.05, 3.63) is 16.6 Å². The first-order valence-corrected chi connectivity index (χ1v) is 4.07. The van der Waals surface area contributed by atoms with Crippen LogP contribution in [0, 0.1) is 0 Å². The van der Waals surface area contributed by atoms with Crippen LogP contribution >= 0.6 is 15.9 Å². The van der Waals surface area contributed by atoms with Crippen molar-refractivity contribution >= 4 is 27.2 Å². The third kappa shape index (κ3) is 1.19. The maximum absolute atomic E-state index is 8.75. The molecule has 0 aliphatic rings. The van der Waals surface area contributed by atoms with Crippen LogP contribution in [0.25, 0.3) is 11.3 Å². The highest BCUT2D eigenvalue weighted by atomic mass is 79.9. The maximum Gasteiger partial charge on any atom is 0.197 e. The molecule has 0 radical (unpaired) electrons. The Kier molecular flexibility index (Phi) is 1.78. The van der Waals surface area contributed by atoms with E-state index in [4.69, 9.17) is 5.11 Å². The molecule has 2 rings (SSSR count). The highest BCUT2D eigenvalue weighted by molar-refractivity contribution is 9.10. The molecule has 2 aromatic rings. The average Bonchev–Trinajstić information content (AvgIpc) is 2.46. The summed E-state index contributed by atoms with van der Waals surface area (Å²) in [6.45, 7) is -0.129. The van der Waals surface area contributed by atoms with Gasteiger partial charge in [-0.2, -0.15) is 0 Å². The normalized spacial score (nSPS) is 10.8. The number of aromatic nitrogens is 4. The molecular weight excluding hydrogens is 224 g/mol. The SMILES string of the molecule is OCc1nc2ncc(Br)nc2[nH]1. The summed E-state index contributed by atoms with van der Waals surface area (Å²) in [5.41, 5.74) is 1.09. The van der Waals surface area contributed by atoms with Gasteiger partial charge in [0.05, 0.1) is 6.20 Å². The Hall–Kier alpha value is -1.01. The number of hydrogen-bond donors (Lipinski definition) is 2. The minimum absolute atomic E-state index is 0.129. The van der Waals surface area contributed by atoms with E-state index in [-0.39, 0.29) is 6.61 Å². The van der Waals surface area contributed by atoms with Gasteiger partial charge in [-0.15, -0.1) is 0 Å². The summed E-state index contributed by atoms with van der Waals surface area (Å²) in [4.78, 5) is 14.8. The molecule has 0 unspecified atom stereocenters. The number of fused-ring (bicyclic) bond motifs is 1. The van der Waals surface area contributed by atoms with Crippen molar-refractivity contribution in [3.63, 3.8) is 0 Å². The molecule has 62 valence electrons. The Morgan fingerprint density at radius 2 is 2.33 bits per heavy atom. The van der Waals surface area contributed by atoms with Crippen molar-refractivity contribution in [2.24, 2.45) is 0 Å². The van der Waals surface area contributed by atoms with Gasteiger partial charge in [0, 0.05) is 0 Å². The average molecular weight is 229 g/mol. The van der Waals surface area contributed by atoms with Crippen LogP contribution in [-0.4, -0.2) is 25.0 Å². The minimum atomic E-state index is -0.129. The van der Waals surface area contributed by atoms with Gasteiger partial charge in [0.15, 0.2) is 11.3 Å². The van der Waals surface area contributed by atoms with Crippen LogP contribution in [0.3, 0.4) is 0 Å². The van der Waals surface area contributed by atoms with Crippen molar-refractivity contribution in [2.45, 2.75) is 6.61 Å². The van der Waals surface area contributed by atoms with E-state index in [0.717, 1.165) is 0 Å². The summed E-state index contributed by atoms with van der Waals surface area (Å²) in [7, 11) is 0. The van der Waals surface area contributed by atoms with Crippen LogP contribution in [0.1, 0.15) is 5.82 Å². The molecular formula is C6H5BrN4O. The fraction of sp³-hybridized carbons (Fsp3) is 0.167. The molecule has 0 atom stereocenters. The van der Waals surface area contributed by atoms with E-state index in [2.05, 4.69) is 35.9 Å². The summed E-state index contributed by atoms with van der Waals surface area (Å²) in [5.74, 6) is 0.475. The Morgan fingerprint density at radius 1 is 1.50 bits per heavy atom. The fourth-order valence-electron chi connectivity index (χ4n) is 0.894. The van der Waals surface area contributed by atoms with Crippen molar-refractivity contribution < 1.29 is 5.11 Å². The molecule has 2 N–H and O–H groups in total. The number of aromatic amines is 1. The Labute approximate surface area is 76.0 Å². The number of rotatable bonds is 1. The number of H-pyrrole nitrogens is 1. The number of nitrogens with zero attached hydrogens (tertiary/aromatic N) is 3. The number of aliphatic hydroxyl groups is 1. The number of nitrogens with one attached hydrogen (secondary N) is 1. The second-order valence-electron chi connectivity index (χ2n) is 2.21. The van der Waals surface area contributed by atoms with Gasteiger partial charge in [-0.25, -0.2) is 15.0 Å². The largest absolute Gasteiger partial charge is 0.388 e. The lowest BCUT2D eigenvalue weighted by atomic mass is 10.7. The van der Waals surface area contributed by atoms with Crippen molar-refractivity contribution in [2.75, 3.05) is 0 Å². The fourth-order valence-corrected chi connectivity index (χ4v) is 1.17. The number of aliphatic hydroxyl groups excluding tert-OH is 1. The van der Waals surface area contributed by atoms with Gasteiger partial charge in [-0.1, -0.05) is 0 Å². The van der Waals surface area contributed by atoms with E-state index in [1.807, 2.05) is 0 Å². The van der Waals surface area contributed by atoms with E-state index >= 15 is 0 Å². The zero-order chi connectivity index (χ0) is 8.55. The molecule has 0 amide bonds. The summed E-state index contributed by atoms with van der Waals surface area (Å²) in [5, 5.41) is 8.75. The first-order valence-electron chi connectivity index (χ1n) is 3.27. The third-order valence-corrected chi connectivity index (χ3v) is 1.76. The minimum Gasteiger partial charge on any atom is -0.388 e. The molecule has 0 spiro atoms. The number of imidazole rings is 1. The molecule has 6 heteroatoms. The van der Waals surface area contributed by atoms with Crippen molar-refractivity contribution in [1.82, 2.24) is 19.9 Å². The molecule has 0 saturated heterocycles. The molecule has 2 heterocycles. The van der Waals surface area contributed by atoms with Gasteiger partial charge < -0.3 is 10.1 Å². The predicted octanol–water partition coefficient (Wildman–Crippen LogP) is 0.608. The lowest BCUT2D eigenvalue weighted by Crippen LogP contribution is -1.83. The van der Waals surface area contributed by atoms with Gasteiger partial charge >= 0.3 is 0 Å². The molecule has 0 fully saturated rings. The summed E-state index contributed by atoms with van der Waals surface area (Å²) >= 11 is 3.18. The van der Waals surface area contributed by atoms with Crippen molar-refractivity contribution in [1.29, 1.82) is 0 Å². The van der Waals surface area contributed by atoms with Gasteiger partial charge in [-0.3, -0.25) is 0 Å².